The average molecular weight is 172 g/mol. The van der Waals surface area contributed by atoms with Gasteiger partial charge in [0.15, 0.2) is 0 Å². The van der Waals surface area contributed by atoms with Gasteiger partial charge in [0, 0.05) is 26.2 Å². The number of nitrogens with zero attached hydrogens (tertiary/aromatic N) is 2. The maximum atomic E-state index is 5.76. The number of piperazine rings is 1. The lowest BCUT2D eigenvalue weighted by molar-refractivity contribution is 0.0820. The smallest absolute Gasteiger partial charge is 0.0543 e. The summed E-state index contributed by atoms with van der Waals surface area (Å²) in [6, 6.07) is 0. The predicted molar refractivity (Wildman–Crippen MR) is 50.4 cm³/mol. The van der Waals surface area contributed by atoms with Gasteiger partial charge in [-0.25, -0.2) is 0 Å². The first-order valence-electron chi connectivity index (χ1n) is 4.60. The monoisotopic (exact) mass is 172 g/mol. The van der Waals surface area contributed by atoms with Crippen LogP contribution in [0, 0.1) is 0 Å². The van der Waals surface area contributed by atoms with Gasteiger partial charge in [0.2, 0.25) is 0 Å². The lowest BCUT2D eigenvalue weighted by Gasteiger charge is -2.38. The van der Waals surface area contributed by atoms with Crippen LogP contribution in [0.2, 0.25) is 0 Å². The van der Waals surface area contributed by atoms with Gasteiger partial charge in [-0.05, 0) is 13.8 Å². The molecular formula is C8H20N4. The first kappa shape index (κ1) is 9.92. The highest BCUT2D eigenvalue weighted by molar-refractivity contribution is 4.74. The molecule has 1 fully saturated rings. The van der Waals surface area contributed by atoms with Crippen LogP contribution in [0.1, 0.15) is 13.8 Å². The maximum Gasteiger partial charge on any atom is 0.0543 e. The molecule has 0 aromatic heterocycles. The molecule has 4 N–H and O–H groups in total. The fourth-order valence-corrected chi connectivity index (χ4v) is 1.55. The molecule has 1 saturated heterocycles. The van der Waals surface area contributed by atoms with Crippen molar-refractivity contribution in [1.82, 2.24) is 9.80 Å². The van der Waals surface area contributed by atoms with Gasteiger partial charge in [-0.1, -0.05) is 0 Å². The van der Waals surface area contributed by atoms with Gasteiger partial charge in [0.1, 0.15) is 0 Å². The Hall–Kier alpha value is -0.160. The molecule has 0 radical (unpaired) electrons. The second-order valence-corrected chi connectivity index (χ2v) is 3.55. The van der Waals surface area contributed by atoms with Gasteiger partial charge in [0.05, 0.1) is 12.3 Å². The van der Waals surface area contributed by atoms with Crippen molar-refractivity contribution in [1.29, 1.82) is 0 Å². The summed E-state index contributed by atoms with van der Waals surface area (Å²) in [5.74, 6) is 0. The number of rotatable bonds is 2. The van der Waals surface area contributed by atoms with Crippen LogP contribution in [0.15, 0.2) is 0 Å². The van der Waals surface area contributed by atoms with Crippen LogP contribution < -0.4 is 11.5 Å². The van der Waals surface area contributed by atoms with E-state index in [2.05, 4.69) is 9.80 Å². The van der Waals surface area contributed by atoms with Gasteiger partial charge in [-0.3, -0.25) is 9.80 Å². The van der Waals surface area contributed by atoms with Crippen LogP contribution in [-0.2, 0) is 0 Å². The second-order valence-electron chi connectivity index (χ2n) is 3.55. The standard InChI is InChI=1S/C8H20N4/c1-7(9)11-3-5-12(6-4-11)8(2)10/h7-8H,3-6,9-10H2,1-2H3. The van der Waals surface area contributed by atoms with Crippen LogP contribution in [0.4, 0.5) is 0 Å². The third-order valence-corrected chi connectivity index (χ3v) is 2.50. The molecule has 1 aliphatic heterocycles. The van der Waals surface area contributed by atoms with Crippen LogP contribution in [0.5, 0.6) is 0 Å². The molecule has 0 aromatic rings. The summed E-state index contributed by atoms with van der Waals surface area (Å²) in [4.78, 5) is 4.55. The molecule has 1 heterocycles. The summed E-state index contributed by atoms with van der Waals surface area (Å²) in [6.45, 7) is 8.22. The fourth-order valence-electron chi connectivity index (χ4n) is 1.55. The largest absolute Gasteiger partial charge is 0.316 e. The Morgan fingerprint density at radius 3 is 1.25 bits per heavy atom. The number of nitrogens with two attached hydrogens (primary N) is 2. The van der Waals surface area contributed by atoms with Crippen molar-refractivity contribution in [3.05, 3.63) is 0 Å². The summed E-state index contributed by atoms with van der Waals surface area (Å²) < 4.78 is 0. The highest BCUT2D eigenvalue weighted by Crippen LogP contribution is 2.04. The minimum absolute atomic E-state index is 0.181. The summed E-state index contributed by atoms with van der Waals surface area (Å²) in [6.07, 6.45) is 0.362. The highest BCUT2D eigenvalue weighted by Gasteiger charge is 2.20. The van der Waals surface area contributed by atoms with Crippen LogP contribution >= 0.6 is 0 Å². The highest BCUT2D eigenvalue weighted by atomic mass is 15.3. The molecule has 0 aromatic carbocycles. The maximum absolute atomic E-state index is 5.76. The minimum atomic E-state index is 0.181. The molecule has 72 valence electrons. The molecule has 0 aliphatic carbocycles. The topological polar surface area (TPSA) is 58.5 Å². The van der Waals surface area contributed by atoms with Crippen molar-refractivity contribution in [2.45, 2.75) is 26.2 Å². The molecule has 2 atom stereocenters. The van der Waals surface area contributed by atoms with E-state index < -0.39 is 0 Å². The Labute approximate surface area is 74.5 Å². The zero-order chi connectivity index (χ0) is 9.14. The predicted octanol–water partition coefficient (Wildman–Crippen LogP) is -0.787. The van der Waals surface area contributed by atoms with Gasteiger partial charge in [-0.15, -0.1) is 0 Å². The average Bonchev–Trinajstić information content (AvgIpc) is 2.04. The van der Waals surface area contributed by atoms with E-state index in [0.717, 1.165) is 26.2 Å². The second kappa shape index (κ2) is 4.18. The SMILES string of the molecule is CC(N)N1CCN(C(C)N)CC1. The molecule has 1 rings (SSSR count). The van der Waals surface area contributed by atoms with Crippen molar-refractivity contribution in [3.63, 3.8) is 0 Å². The van der Waals surface area contributed by atoms with Crippen LogP contribution in [-0.4, -0.2) is 48.3 Å². The Kier molecular flexibility index (Phi) is 3.46. The van der Waals surface area contributed by atoms with Gasteiger partial charge >= 0.3 is 0 Å². The van der Waals surface area contributed by atoms with E-state index in [0.29, 0.717) is 0 Å². The fraction of sp³-hybridized carbons (Fsp3) is 1.00. The summed E-state index contributed by atoms with van der Waals surface area (Å²) in [5.41, 5.74) is 11.5. The van der Waals surface area contributed by atoms with Crippen LogP contribution in [0.25, 0.3) is 0 Å². The summed E-state index contributed by atoms with van der Waals surface area (Å²) in [5, 5.41) is 0. The lowest BCUT2D eigenvalue weighted by atomic mass is 10.3. The van der Waals surface area contributed by atoms with Crippen molar-refractivity contribution >= 4 is 0 Å². The van der Waals surface area contributed by atoms with E-state index in [9.17, 15) is 0 Å². The van der Waals surface area contributed by atoms with E-state index in [4.69, 9.17) is 11.5 Å². The lowest BCUT2D eigenvalue weighted by Crippen LogP contribution is -2.55. The number of hydrogen-bond acceptors (Lipinski definition) is 4. The van der Waals surface area contributed by atoms with Crippen molar-refractivity contribution in [2.24, 2.45) is 11.5 Å². The van der Waals surface area contributed by atoms with E-state index in [1.807, 2.05) is 13.8 Å². The molecule has 12 heavy (non-hydrogen) atoms. The summed E-state index contributed by atoms with van der Waals surface area (Å²) >= 11 is 0. The Bertz CT molecular complexity index is 111. The molecule has 0 saturated carbocycles. The van der Waals surface area contributed by atoms with E-state index >= 15 is 0 Å². The molecule has 0 spiro atoms. The van der Waals surface area contributed by atoms with E-state index in [1.165, 1.54) is 0 Å². The zero-order valence-corrected chi connectivity index (χ0v) is 8.03. The molecule has 0 amide bonds. The summed E-state index contributed by atoms with van der Waals surface area (Å²) in [7, 11) is 0. The number of hydrogen-bond donors (Lipinski definition) is 2. The van der Waals surface area contributed by atoms with Crippen LogP contribution in [0.3, 0.4) is 0 Å². The van der Waals surface area contributed by atoms with Gasteiger partial charge < -0.3 is 11.5 Å². The van der Waals surface area contributed by atoms with Crippen molar-refractivity contribution < 1.29 is 0 Å². The third kappa shape index (κ3) is 2.42. The normalized spacial score (nSPS) is 27.0. The first-order valence-corrected chi connectivity index (χ1v) is 4.60. The molecular weight excluding hydrogens is 152 g/mol. The Morgan fingerprint density at radius 1 is 0.833 bits per heavy atom. The molecule has 4 nitrogen and oxygen atoms in total. The Morgan fingerprint density at radius 2 is 1.08 bits per heavy atom. The third-order valence-electron chi connectivity index (χ3n) is 2.50. The minimum Gasteiger partial charge on any atom is -0.316 e. The van der Waals surface area contributed by atoms with Gasteiger partial charge in [0.25, 0.3) is 0 Å². The van der Waals surface area contributed by atoms with E-state index in [-0.39, 0.29) is 12.3 Å². The van der Waals surface area contributed by atoms with E-state index in [1.54, 1.807) is 0 Å². The molecule has 4 heteroatoms. The molecule has 1 aliphatic rings. The molecule has 0 bridgehead atoms. The quantitative estimate of drug-likeness (QED) is 0.573. The molecule has 2 unspecified atom stereocenters. The van der Waals surface area contributed by atoms with Crippen molar-refractivity contribution in [2.75, 3.05) is 26.2 Å². The van der Waals surface area contributed by atoms with Gasteiger partial charge in [-0.2, -0.15) is 0 Å². The van der Waals surface area contributed by atoms with Crippen molar-refractivity contribution in [3.8, 4) is 0 Å². The Balaban J connectivity index is 2.30. The zero-order valence-electron chi connectivity index (χ0n) is 8.03. The first-order chi connectivity index (χ1) is 5.61.